The highest BCUT2D eigenvalue weighted by Gasteiger charge is 2.69. The van der Waals surface area contributed by atoms with Crippen LogP contribution in [0.5, 0.6) is 0 Å². The summed E-state index contributed by atoms with van der Waals surface area (Å²) >= 11 is 0. The summed E-state index contributed by atoms with van der Waals surface area (Å²) in [6.07, 6.45) is 4.22. The molecule has 0 aromatic rings. The number of ether oxygens (including phenoxy) is 1. The van der Waals surface area contributed by atoms with Crippen LogP contribution in [0.3, 0.4) is 0 Å². The number of nitrogens with zero attached hydrogens (tertiary/aromatic N) is 1. The minimum Gasteiger partial charge on any atom is -0.444 e. The molecule has 0 radical (unpaired) electrons. The molecule has 11 heteroatoms. The van der Waals surface area contributed by atoms with Gasteiger partial charge in [0.2, 0.25) is 17.6 Å². The topological polar surface area (TPSA) is 151 Å². The molecule has 0 aromatic carbocycles. The first-order valence-corrected chi connectivity index (χ1v) is 14.7. The van der Waals surface area contributed by atoms with E-state index in [-0.39, 0.29) is 48.8 Å². The van der Waals surface area contributed by atoms with Crippen LogP contribution in [-0.2, 0) is 28.7 Å². The molecule has 2 heterocycles. The number of hydrogen-bond acceptors (Lipinski definition) is 7. The number of nitrogens with one attached hydrogen (secondary N) is 3. The number of fused-ring (bicyclic) bond motifs is 3. The van der Waals surface area contributed by atoms with E-state index in [9.17, 15) is 28.8 Å². The quantitative estimate of drug-likeness (QED) is 0.337. The van der Waals surface area contributed by atoms with Crippen LogP contribution < -0.4 is 16.0 Å². The van der Waals surface area contributed by atoms with Crippen LogP contribution in [0.15, 0.2) is 12.7 Å². The monoisotopic (exact) mass is 574 g/mol. The van der Waals surface area contributed by atoms with E-state index in [2.05, 4.69) is 22.5 Å². The molecule has 2 aliphatic heterocycles. The lowest BCUT2D eigenvalue weighted by atomic mass is 9.96. The van der Waals surface area contributed by atoms with E-state index in [1.54, 1.807) is 20.8 Å². The van der Waals surface area contributed by atoms with Gasteiger partial charge in [0.05, 0.1) is 6.04 Å². The van der Waals surface area contributed by atoms with Crippen LogP contribution >= 0.6 is 0 Å². The summed E-state index contributed by atoms with van der Waals surface area (Å²) in [7, 11) is 0. The van der Waals surface area contributed by atoms with E-state index < -0.39 is 53.3 Å². The summed E-state index contributed by atoms with van der Waals surface area (Å²) in [5, 5.41) is 7.92. The molecule has 2 saturated heterocycles. The molecule has 0 aromatic heterocycles. The lowest BCUT2D eigenvalue weighted by Crippen LogP contribution is -2.58. The van der Waals surface area contributed by atoms with Gasteiger partial charge in [-0.2, -0.15) is 0 Å². The fraction of sp³-hybridized carbons (Fsp3) is 0.733. The van der Waals surface area contributed by atoms with Crippen molar-refractivity contribution in [3.8, 4) is 0 Å². The van der Waals surface area contributed by atoms with E-state index in [4.69, 9.17) is 4.74 Å². The maximum atomic E-state index is 13.9. The molecule has 0 unspecified atom stereocenters. The molecule has 3 fully saturated rings. The van der Waals surface area contributed by atoms with Gasteiger partial charge in [0.25, 0.3) is 5.91 Å². The van der Waals surface area contributed by atoms with E-state index in [1.165, 1.54) is 11.0 Å². The lowest BCUT2D eigenvalue weighted by Gasteiger charge is -2.34. The second-order valence-electron chi connectivity index (χ2n) is 13.0. The average molecular weight is 575 g/mol. The van der Waals surface area contributed by atoms with Crippen molar-refractivity contribution in [2.75, 3.05) is 13.1 Å². The Morgan fingerprint density at radius 3 is 2.41 bits per heavy atom. The third-order valence-corrected chi connectivity index (χ3v) is 8.42. The molecule has 3 rings (SSSR count). The number of alkyl carbamates (subject to hydrolysis) is 1. The SMILES string of the molecule is C=CCNC(=O)C(=O)[C@@H]1CCCCCCC(=O)CC[C@H](NC(=O)OC(C)(C)C)C(=O)N2C[C@H]3[C@@H]([C@H]2C(=O)N1)C3(C)C. The van der Waals surface area contributed by atoms with Crippen molar-refractivity contribution < 1.29 is 33.5 Å². The molecule has 3 aliphatic rings. The predicted molar refractivity (Wildman–Crippen MR) is 152 cm³/mol. The number of hydrogen-bond donors (Lipinski definition) is 3. The van der Waals surface area contributed by atoms with Crippen molar-refractivity contribution in [1.29, 1.82) is 0 Å². The highest BCUT2D eigenvalue weighted by molar-refractivity contribution is 6.38. The normalized spacial score (nSPS) is 29.0. The number of rotatable bonds is 5. The lowest BCUT2D eigenvalue weighted by molar-refractivity contribution is -0.144. The number of carbonyl (C=O) groups excluding carboxylic acids is 6. The first kappa shape index (κ1) is 32.3. The van der Waals surface area contributed by atoms with Gasteiger partial charge in [-0.3, -0.25) is 24.0 Å². The second-order valence-corrected chi connectivity index (χ2v) is 13.0. The van der Waals surface area contributed by atoms with Crippen molar-refractivity contribution >= 4 is 35.4 Å². The zero-order valence-corrected chi connectivity index (χ0v) is 25.0. The maximum Gasteiger partial charge on any atom is 0.408 e. The maximum absolute atomic E-state index is 13.9. The molecule has 41 heavy (non-hydrogen) atoms. The molecular formula is C30H46N4O7. The van der Waals surface area contributed by atoms with Gasteiger partial charge in [-0.05, 0) is 57.3 Å². The van der Waals surface area contributed by atoms with Gasteiger partial charge in [0, 0.05) is 25.9 Å². The predicted octanol–water partition coefficient (Wildman–Crippen LogP) is 2.42. The number of piperidine rings is 1. The zero-order chi connectivity index (χ0) is 30.5. The minimum atomic E-state index is -1.06. The third kappa shape index (κ3) is 8.16. The van der Waals surface area contributed by atoms with Crippen LogP contribution in [0.1, 0.15) is 86.0 Å². The average Bonchev–Trinajstić information content (AvgIpc) is 3.21. The summed E-state index contributed by atoms with van der Waals surface area (Å²) in [6, 6.07) is -2.98. The van der Waals surface area contributed by atoms with E-state index in [1.807, 2.05) is 13.8 Å². The highest BCUT2D eigenvalue weighted by atomic mass is 16.6. The third-order valence-electron chi connectivity index (χ3n) is 8.42. The van der Waals surface area contributed by atoms with Gasteiger partial charge >= 0.3 is 6.09 Å². The Morgan fingerprint density at radius 1 is 1.07 bits per heavy atom. The first-order valence-electron chi connectivity index (χ1n) is 14.7. The fourth-order valence-electron chi connectivity index (χ4n) is 6.11. The van der Waals surface area contributed by atoms with Gasteiger partial charge in [-0.25, -0.2) is 4.79 Å². The van der Waals surface area contributed by atoms with Crippen molar-refractivity contribution in [3.05, 3.63) is 12.7 Å². The molecule has 0 bridgehead atoms. The van der Waals surface area contributed by atoms with Crippen LogP contribution in [0, 0.1) is 17.3 Å². The van der Waals surface area contributed by atoms with E-state index >= 15 is 0 Å². The minimum absolute atomic E-state index is 0.00692. The first-order chi connectivity index (χ1) is 19.2. The summed E-state index contributed by atoms with van der Waals surface area (Å²) in [5.41, 5.74) is -0.979. The highest BCUT2D eigenvalue weighted by Crippen LogP contribution is 2.65. The summed E-state index contributed by atoms with van der Waals surface area (Å²) < 4.78 is 5.37. The van der Waals surface area contributed by atoms with Gasteiger partial charge in [-0.15, -0.1) is 6.58 Å². The van der Waals surface area contributed by atoms with Gasteiger partial charge in [0.15, 0.2) is 0 Å². The zero-order valence-electron chi connectivity index (χ0n) is 25.0. The Kier molecular flexibility index (Phi) is 10.4. The van der Waals surface area contributed by atoms with E-state index in [0.29, 0.717) is 25.8 Å². The molecule has 228 valence electrons. The molecule has 1 saturated carbocycles. The molecule has 5 atom stereocenters. The molecule has 4 amide bonds. The molecule has 1 aliphatic carbocycles. The molecule has 0 spiro atoms. The number of amides is 4. The Bertz CT molecular complexity index is 1060. The Hall–Kier alpha value is -3.24. The smallest absolute Gasteiger partial charge is 0.408 e. The van der Waals surface area contributed by atoms with Crippen molar-refractivity contribution in [2.45, 2.75) is 110 Å². The van der Waals surface area contributed by atoms with Crippen LogP contribution in [0.25, 0.3) is 0 Å². The summed E-state index contributed by atoms with van der Waals surface area (Å²) in [4.78, 5) is 80.0. The van der Waals surface area contributed by atoms with Crippen LogP contribution in [-0.4, -0.2) is 77.1 Å². The van der Waals surface area contributed by atoms with Crippen molar-refractivity contribution in [2.24, 2.45) is 17.3 Å². The number of ketones is 2. The Labute approximate surface area is 242 Å². The molecular weight excluding hydrogens is 528 g/mol. The summed E-state index contributed by atoms with van der Waals surface area (Å²) in [5.74, 6) is -2.59. The Morgan fingerprint density at radius 2 is 1.76 bits per heavy atom. The van der Waals surface area contributed by atoms with Crippen molar-refractivity contribution in [1.82, 2.24) is 20.9 Å². The van der Waals surface area contributed by atoms with Crippen LogP contribution in [0.2, 0.25) is 0 Å². The largest absolute Gasteiger partial charge is 0.444 e. The number of carbonyl (C=O) groups is 6. The molecule has 3 N–H and O–H groups in total. The van der Waals surface area contributed by atoms with Crippen LogP contribution in [0.4, 0.5) is 4.79 Å². The van der Waals surface area contributed by atoms with E-state index in [0.717, 1.165) is 12.8 Å². The second kappa shape index (κ2) is 13.2. The van der Waals surface area contributed by atoms with Gasteiger partial charge in [-0.1, -0.05) is 39.2 Å². The summed E-state index contributed by atoms with van der Waals surface area (Å²) in [6.45, 7) is 13.2. The van der Waals surface area contributed by atoms with Gasteiger partial charge in [0.1, 0.15) is 23.5 Å². The molecule has 11 nitrogen and oxygen atoms in total. The van der Waals surface area contributed by atoms with Gasteiger partial charge < -0.3 is 25.6 Å². The van der Waals surface area contributed by atoms with Crippen molar-refractivity contribution in [3.63, 3.8) is 0 Å². The fourth-order valence-corrected chi connectivity index (χ4v) is 6.11. The standard InChI is InChI=1S/C30H46N4O7/c1-7-16-31-26(38)24(36)20-13-11-9-8-10-12-18(35)14-15-21(33-28(40)41-29(2,3)4)27(39)34-17-19-22(30(19,5)6)23(34)25(37)32-20/h7,19-23H,1,8-17H2,2-6H3,(H,31,38)(H,32,37)(H,33,40)/t19-,20-,21-,22-,23-/m0/s1. The Balaban J connectivity index is 1.90. The number of Topliss-reactive ketones (excluding diaryl/α,β-unsaturated/α-hetero) is 2.